The standard InChI is InChI=1S/C21H22ClFN2O4/c1-28-20-8-16(17(23)9-24-20)21(27)25-10-12-5-18(26)19(6-13(12)11-25)29-15-4-2-3-14(22)7-15/h2-4,7-9,12-13,18-19,26H,5-6,10-11H2,1H3/t12-,13+,18+,19+/m0/s1. The van der Waals surface area contributed by atoms with Crippen molar-refractivity contribution in [2.24, 2.45) is 11.8 Å². The average molecular weight is 421 g/mol. The maximum Gasteiger partial charge on any atom is 0.257 e. The average Bonchev–Trinajstić information content (AvgIpc) is 3.11. The van der Waals surface area contributed by atoms with E-state index in [2.05, 4.69) is 4.98 Å². The van der Waals surface area contributed by atoms with Crippen molar-refractivity contribution in [3.8, 4) is 11.6 Å². The van der Waals surface area contributed by atoms with Crippen molar-refractivity contribution in [2.45, 2.75) is 25.0 Å². The van der Waals surface area contributed by atoms with Crippen LogP contribution in [-0.2, 0) is 0 Å². The van der Waals surface area contributed by atoms with E-state index in [-0.39, 0.29) is 35.3 Å². The van der Waals surface area contributed by atoms with Gasteiger partial charge in [0, 0.05) is 24.2 Å². The molecule has 1 saturated heterocycles. The number of halogens is 2. The predicted octanol–water partition coefficient (Wildman–Crippen LogP) is 3.17. The summed E-state index contributed by atoms with van der Waals surface area (Å²) >= 11 is 6.00. The molecule has 1 saturated carbocycles. The lowest BCUT2D eigenvalue weighted by Crippen LogP contribution is -2.42. The number of ether oxygens (including phenoxy) is 2. The quantitative estimate of drug-likeness (QED) is 0.822. The molecule has 0 radical (unpaired) electrons. The van der Waals surface area contributed by atoms with Crippen LogP contribution in [0.15, 0.2) is 36.5 Å². The minimum Gasteiger partial charge on any atom is -0.488 e. The number of pyridine rings is 1. The molecular weight excluding hydrogens is 399 g/mol. The normalized spacial score (nSPS) is 26.1. The summed E-state index contributed by atoms with van der Waals surface area (Å²) in [5, 5.41) is 11.1. The first kappa shape index (κ1) is 19.9. The number of fused-ring (bicyclic) bond motifs is 1. The summed E-state index contributed by atoms with van der Waals surface area (Å²) in [7, 11) is 1.42. The molecule has 1 aromatic heterocycles. The zero-order valence-electron chi connectivity index (χ0n) is 15.9. The van der Waals surface area contributed by atoms with Gasteiger partial charge in [0.25, 0.3) is 5.91 Å². The van der Waals surface area contributed by atoms with Gasteiger partial charge in [-0.25, -0.2) is 9.37 Å². The van der Waals surface area contributed by atoms with E-state index >= 15 is 0 Å². The molecule has 154 valence electrons. The Labute approximate surface area is 173 Å². The Morgan fingerprint density at radius 2 is 2.03 bits per heavy atom. The molecular formula is C21H22ClFN2O4. The molecule has 2 aliphatic rings. The Hall–Kier alpha value is -2.38. The van der Waals surface area contributed by atoms with Crippen LogP contribution in [0.5, 0.6) is 11.6 Å². The van der Waals surface area contributed by atoms with Crippen LogP contribution in [0.1, 0.15) is 23.2 Å². The number of aliphatic hydroxyl groups is 1. The highest BCUT2D eigenvalue weighted by Gasteiger charge is 2.44. The fourth-order valence-electron chi connectivity index (χ4n) is 4.26. The third kappa shape index (κ3) is 4.16. The number of likely N-dealkylation sites (tertiary alicyclic amines) is 1. The number of methoxy groups -OCH3 is 1. The van der Waals surface area contributed by atoms with E-state index in [1.54, 1.807) is 29.2 Å². The Balaban J connectivity index is 1.45. The van der Waals surface area contributed by atoms with Crippen molar-refractivity contribution in [3.63, 3.8) is 0 Å². The van der Waals surface area contributed by atoms with Crippen molar-refractivity contribution in [1.82, 2.24) is 9.88 Å². The lowest BCUT2D eigenvalue weighted by molar-refractivity contribution is -0.0231. The van der Waals surface area contributed by atoms with Gasteiger partial charge in [-0.15, -0.1) is 0 Å². The van der Waals surface area contributed by atoms with E-state index in [9.17, 15) is 14.3 Å². The summed E-state index contributed by atoms with van der Waals surface area (Å²) in [6.45, 7) is 0.976. The predicted molar refractivity (Wildman–Crippen MR) is 105 cm³/mol. The number of benzene rings is 1. The van der Waals surface area contributed by atoms with Crippen LogP contribution in [0, 0.1) is 17.7 Å². The van der Waals surface area contributed by atoms with E-state index in [1.165, 1.54) is 13.2 Å². The second-order valence-electron chi connectivity index (χ2n) is 7.59. The van der Waals surface area contributed by atoms with Crippen molar-refractivity contribution < 1.29 is 23.8 Å². The molecule has 1 aromatic carbocycles. The number of rotatable bonds is 4. The lowest BCUT2D eigenvalue weighted by Gasteiger charge is -2.35. The van der Waals surface area contributed by atoms with Gasteiger partial charge in [-0.3, -0.25) is 4.79 Å². The zero-order valence-corrected chi connectivity index (χ0v) is 16.7. The van der Waals surface area contributed by atoms with Gasteiger partial charge >= 0.3 is 0 Å². The van der Waals surface area contributed by atoms with E-state index in [0.717, 1.165) is 6.20 Å². The van der Waals surface area contributed by atoms with Crippen molar-refractivity contribution in [3.05, 3.63) is 52.9 Å². The fourth-order valence-corrected chi connectivity index (χ4v) is 4.44. The summed E-state index contributed by atoms with van der Waals surface area (Å²) in [4.78, 5) is 18.3. The smallest absolute Gasteiger partial charge is 0.257 e. The van der Waals surface area contributed by atoms with Gasteiger partial charge in [-0.2, -0.15) is 0 Å². The summed E-state index contributed by atoms with van der Waals surface area (Å²) in [5.74, 6) is 0.0687. The van der Waals surface area contributed by atoms with Crippen LogP contribution in [0.3, 0.4) is 0 Å². The summed E-state index contributed by atoms with van der Waals surface area (Å²) in [6, 6.07) is 8.39. The maximum atomic E-state index is 14.1. The Kier molecular flexibility index (Phi) is 5.61. The molecule has 0 unspecified atom stereocenters. The first-order valence-electron chi connectivity index (χ1n) is 9.53. The molecule has 29 heavy (non-hydrogen) atoms. The largest absolute Gasteiger partial charge is 0.488 e. The second kappa shape index (κ2) is 8.16. The highest BCUT2D eigenvalue weighted by atomic mass is 35.5. The van der Waals surface area contributed by atoms with Gasteiger partial charge < -0.3 is 19.5 Å². The van der Waals surface area contributed by atoms with Gasteiger partial charge in [0.1, 0.15) is 11.9 Å². The van der Waals surface area contributed by atoms with Gasteiger partial charge in [0.05, 0.1) is 25.0 Å². The molecule has 2 aromatic rings. The summed E-state index contributed by atoms with van der Waals surface area (Å²) < 4.78 is 25.1. The number of aromatic nitrogens is 1. The van der Waals surface area contributed by atoms with E-state index in [1.807, 2.05) is 0 Å². The Morgan fingerprint density at radius 1 is 1.28 bits per heavy atom. The van der Waals surface area contributed by atoms with Crippen LogP contribution < -0.4 is 9.47 Å². The first-order valence-corrected chi connectivity index (χ1v) is 9.91. The summed E-state index contributed by atoms with van der Waals surface area (Å²) in [6.07, 6.45) is 1.13. The van der Waals surface area contributed by atoms with Crippen LogP contribution in [0.25, 0.3) is 0 Å². The van der Waals surface area contributed by atoms with Crippen molar-refractivity contribution >= 4 is 17.5 Å². The fraction of sp³-hybridized carbons (Fsp3) is 0.429. The van der Waals surface area contributed by atoms with Crippen LogP contribution in [0.4, 0.5) is 4.39 Å². The van der Waals surface area contributed by atoms with Gasteiger partial charge in [-0.05, 0) is 42.9 Å². The van der Waals surface area contributed by atoms with Gasteiger partial charge in [0.2, 0.25) is 5.88 Å². The van der Waals surface area contributed by atoms with E-state index in [0.29, 0.717) is 36.7 Å². The third-order valence-electron chi connectivity index (χ3n) is 5.73. The molecule has 2 fully saturated rings. The van der Waals surface area contributed by atoms with Gasteiger partial charge in [-0.1, -0.05) is 17.7 Å². The molecule has 0 spiro atoms. The van der Waals surface area contributed by atoms with Crippen LogP contribution >= 0.6 is 11.6 Å². The number of carbonyl (C=O) groups excluding carboxylic acids is 1. The van der Waals surface area contributed by atoms with E-state index in [4.69, 9.17) is 21.1 Å². The molecule has 2 heterocycles. The number of amides is 1. The highest BCUT2D eigenvalue weighted by Crippen LogP contribution is 2.39. The van der Waals surface area contributed by atoms with Crippen molar-refractivity contribution in [1.29, 1.82) is 0 Å². The number of hydrogen-bond donors (Lipinski definition) is 1. The molecule has 1 N–H and O–H groups in total. The minimum absolute atomic E-state index is 0.0530. The Bertz CT molecular complexity index is 912. The molecule has 4 rings (SSSR count). The van der Waals surface area contributed by atoms with Gasteiger partial charge in [0.15, 0.2) is 5.82 Å². The first-order chi connectivity index (χ1) is 13.9. The molecule has 1 amide bonds. The number of aliphatic hydroxyl groups excluding tert-OH is 1. The highest BCUT2D eigenvalue weighted by molar-refractivity contribution is 6.30. The number of carbonyl (C=O) groups is 1. The molecule has 4 atom stereocenters. The maximum absolute atomic E-state index is 14.1. The lowest BCUT2D eigenvalue weighted by atomic mass is 9.78. The molecule has 1 aliphatic heterocycles. The van der Waals surface area contributed by atoms with Crippen LogP contribution in [-0.4, -0.2) is 53.3 Å². The molecule has 1 aliphatic carbocycles. The number of nitrogens with zero attached hydrogens (tertiary/aromatic N) is 2. The zero-order chi connectivity index (χ0) is 20.5. The third-order valence-corrected chi connectivity index (χ3v) is 5.96. The topological polar surface area (TPSA) is 71.9 Å². The van der Waals surface area contributed by atoms with Crippen molar-refractivity contribution in [2.75, 3.05) is 20.2 Å². The monoisotopic (exact) mass is 420 g/mol. The van der Waals surface area contributed by atoms with Crippen LogP contribution in [0.2, 0.25) is 5.02 Å². The molecule has 0 bridgehead atoms. The number of hydrogen-bond acceptors (Lipinski definition) is 5. The minimum atomic E-state index is -0.673. The molecule has 6 nitrogen and oxygen atoms in total. The summed E-state index contributed by atoms with van der Waals surface area (Å²) in [5.41, 5.74) is -0.0530. The Morgan fingerprint density at radius 3 is 2.76 bits per heavy atom. The van der Waals surface area contributed by atoms with E-state index < -0.39 is 11.9 Å². The SMILES string of the molecule is COc1cc(C(=O)N2C[C@H]3C[C@@H](Oc4cccc(Cl)c4)[C@H](O)C[C@H]3C2)c(F)cn1. The second-order valence-corrected chi connectivity index (χ2v) is 8.03. The molecule has 8 heteroatoms.